The third-order valence-corrected chi connectivity index (χ3v) is 4.23. The van der Waals surface area contributed by atoms with Crippen LogP contribution in [-0.4, -0.2) is 17.8 Å². The molecule has 0 radical (unpaired) electrons. The molecular weight excluding hydrogens is 293 g/mol. The van der Waals surface area contributed by atoms with Gasteiger partial charge in [0.05, 0.1) is 0 Å². The lowest BCUT2D eigenvalue weighted by Gasteiger charge is -2.14. The summed E-state index contributed by atoms with van der Waals surface area (Å²) in [5.74, 6) is 0.209. The molecule has 1 aliphatic rings. The van der Waals surface area contributed by atoms with Crippen LogP contribution in [0.4, 0.5) is 0 Å². The maximum Gasteiger partial charge on any atom is 0.251 e. The Kier molecular flexibility index (Phi) is 4.77. The topological polar surface area (TPSA) is 29.1 Å². The normalized spacial score (nSPS) is 23.1. The third kappa shape index (κ3) is 3.53. The summed E-state index contributed by atoms with van der Waals surface area (Å²) in [6, 6.07) is 4.82. The van der Waals surface area contributed by atoms with E-state index in [9.17, 15) is 4.79 Å². The van der Waals surface area contributed by atoms with E-state index in [2.05, 4.69) is 5.32 Å². The Morgan fingerprint density at radius 1 is 1.22 bits per heavy atom. The lowest BCUT2D eigenvalue weighted by atomic mass is 10.1. The van der Waals surface area contributed by atoms with Crippen LogP contribution in [0.15, 0.2) is 18.2 Å². The Labute approximate surface area is 122 Å². The number of carbonyl (C=O) groups excluding carboxylic acids is 1. The fraction of sp³-hybridized carbons (Fsp3) is 0.462. The van der Waals surface area contributed by atoms with Gasteiger partial charge in [0.1, 0.15) is 0 Å². The molecule has 1 N–H and O–H groups in total. The van der Waals surface area contributed by atoms with Gasteiger partial charge >= 0.3 is 0 Å². The highest BCUT2D eigenvalue weighted by molar-refractivity contribution is 6.35. The van der Waals surface area contributed by atoms with Gasteiger partial charge in [-0.1, -0.05) is 29.6 Å². The van der Waals surface area contributed by atoms with E-state index < -0.39 is 0 Å². The van der Waals surface area contributed by atoms with E-state index in [1.165, 1.54) is 0 Å². The van der Waals surface area contributed by atoms with E-state index in [1.54, 1.807) is 18.2 Å². The van der Waals surface area contributed by atoms with Crippen molar-refractivity contribution in [3.63, 3.8) is 0 Å². The quantitative estimate of drug-likeness (QED) is 0.836. The van der Waals surface area contributed by atoms with E-state index in [-0.39, 0.29) is 11.3 Å². The molecule has 2 atom stereocenters. The van der Waals surface area contributed by atoms with Crippen LogP contribution in [0.1, 0.15) is 29.6 Å². The SMILES string of the molecule is O=C(NCC1CCCC1Cl)c1cc(Cl)cc(Cl)c1. The maximum absolute atomic E-state index is 11.9. The molecule has 1 aliphatic carbocycles. The molecule has 2 rings (SSSR count). The third-order valence-electron chi connectivity index (χ3n) is 3.22. The van der Waals surface area contributed by atoms with E-state index >= 15 is 0 Å². The van der Waals surface area contributed by atoms with Gasteiger partial charge in [0, 0.05) is 27.5 Å². The number of rotatable bonds is 3. The number of alkyl halides is 1. The second-order valence-corrected chi connectivity index (χ2v) is 6.01. The van der Waals surface area contributed by atoms with Crippen LogP contribution in [0, 0.1) is 5.92 Å². The largest absolute Gasteiger partial charge is 0.352 e. The second-order valence-electron chi connectivity index (χ2n) is 4.58. The zero-order valence-corrected chi connectivity index (χ0v) is 12.0. The molecule has 0 aromatic heterocycles. The van der Waals surface area contributed by atoms with Gasteiger partial charge in [-0.2, -0.15) is 0 Å². The van der Waals surface area contributed by atoms with Crippen molar-refractivity contribution in [3.8, 4) is 0 Å². The summed E-state index contributed by atoms with van der Waals surface area (Å²) >= 11 is 17.9. The predicted molar refractivity (Wildman–Crippen MR) is 75.8 cm³/mol. The molecule has 2 unspecified atom stereocenters. The lowest BCUT2D eigenvalue weighted by molar-refractivity contribution is 0.0947. The first kappa shape index (κ1) is 14.0. The van der Waals surface area contributed by atoms with E-state index in [1.807, 2.05) is 0 Å². The van der Waals surface area contributed by atoms with E-state index in [0.29, 0.717) is 28.1 Å². The molecule has 2 nitrogen and oxygen atoms in total. The van der Waals surface area contributed by atoms with Gasteiger partial charge in [-0.05, 0) is 37.0 Å². The molecule has 0 aliphatic heterocycles. The highest BCUT2D eigenvalue weighted by Gasteiger charge is 2.25. The number of carbonyl (C=O) groups is 1. The van der Waals surface area contributed by atoms with Gasteiger partial charge in [-0.3, -0.25) is 4.79 Å². The molecule has 1 aromatic rings. The van der Waals surface area contributed by atoms with E-state index in [4.69, 9.17) is 34.8 Å². The van der Waals surface area contributed by atoms with Crippen molar-refractivity contribution in [2.45, 2.75) is 24.6 Å². The van der Waals surface area contributed by atoms with Crippen molar-refractivity contribution in [3.05, 3.63) is 33.8 Å². The summed E-state index contributed by atoms with van der Waals surface area (Å²) in [4.78, 5) is 11.9. The minimum Gasteiger partial charge on any atom is -0.352 e. The molecule has 0 bridgehead atoms. The molecule has 5 heteroatoms. The van der Waals surface area contributed by atoms with Gasteiger partial charge in [0.2, 0.25) is 0 Å². The molecule has 1 saturated carbocycles. The zero-order valence-electron chi connectivity index (χ0n) is 9.76. The summed E-state index contributed by atoms with van der Waals surface area (Å²) in [7, 11) is 0. The molecule has 1 aromatic carbocycles. The van der Waals surface area contributed by atoms with Crippen LogP contribution in [0.3, 0.4) is 0 Å². The van der Waals surface area contributed by atoms with E-state index in [0.717, 1.165) is 19.3 Å². The number of hydrogen-bond acceptors (Lipinski definition) is 1. The number of amides is 1. The molecule has 1 fully saturated rings. The highest BCUT2D eigenvalue weighted by Crippen LogP contribution is 2.29. The summed E-state index contributed by atoms with van der Waals surface area (Å²) < 4.78 is 0. The molecule has 0 spiro atoms. The zero-order chi connectivity index (χ0) is 13.1. The van der Waals surface area contributed by atoms with Crippen molar-refractivity contribution in [2.24, 2.45) is 5.92 Å². The average molecular weight is 307 g/mol. The first-order valence-corrected chi connectivity index (χ1v) is 7.14. The van der Waals surface area contributed by atoms with Gasteiger partial charge in [0.25, 0.3) is 5.91 Å². The summed E-state index contributed by atoms with van der Waals surface area (Å²) in [6.45, 7) is 0.608. The number of benzene rings is 1. The predicted octanol–water partition coefficient (Wildman–Crippen LogP) is 4.13. The van der Waals surface area contributed by atoms with Gasteiger partial charge in [0.15, 0.2) is 0 Å². The van der Waals surface area contributed by atoms with Crippen LogP contribution in [0.5, 0.6) is 0 Å². The van der Waals surface area contributed by atoms with Crippen LogP contribution in [-0.2, 0) is 0 Å². The monoisotopic (exact) mass is 305 g/mol. The molecule has 1 amide bonds. The minimum absolute atomic E-state index is 0.157. The van der Waals surface area contributed by atoms with Crippen LogP contribution in [0.25, 0.3) is 0 Å². The molecular formula is C13H14Cl3NO. The fourth-order valence-electron chi connectivity index (χ4n) is 2.23. The van der Waals surface area contributed by atoms with Crippen molar-refractivity contribution in [1.29, 1.82) is 0 Å². The number of hydrogen-bond donors (Lipinski definition) is 1. The van der Waals surface area contributed by atoms with Crippen molar-refractivity contribution in [2.75, 3.05) is 6.54 Å². The molecule has 18 heavy (non-hydrogen) atoms. The lowest BCUT2D eigenvalue weighted by Crippen LogP contribution is -2.31. The number of halogens is 3. The van der Waals surface area contributed by atoms with Crippen molar-refractivity contribution < 1.29 is 4.79 Å². The van der Waals surface area contributed by atoms with Gasteiger partial charge in [-0.25, -0.2) is 0 Å². The molecule has 98 valence electrons. The average Bonchev–Trinajstić information content (AvgIpc) is 2.70. The maximum atomic E-state index is 11.9. The highest BCUT2D eigenvalue weighted by atomic mass is 35.5. The van der Waals surface area contributed by atoms with Crippen molar-refractivity contribution in [1.82, 2.24) is 5.32 Å². The van der Waals surface area contributed by atoms with Crippen molar-refractivity contribution >= 4 is 40.7 Å². The standard InChI is InChI=1S/C13H14Cl3NO/c14-10-4-9(5-11(15)6-10)13(18)17-7-8-2-1-3-12(8)16/h4-6,8,12H,1-3,7H2,(H,17,18). The summed E-state index contributed by atoms with van der Waals surface area (Å²) in [5.41, 5.74) is 0.483. The molecule has 0 heterocycles. The Hall–Kier alpha value is -0.440. The summed E-state index contributed by atoms with van der Waals surface area (Å²) in [6.07, 6.45) is 3.24. The Bertz CT molecular complexity index is 430. The Balaban J connectivity index is 1.95. The van der Waals surface area contributed by atoms with Crippen LogP contribution < -0.4 is 5.32 Å². The minimum atomic E-state index is -0.157. The Morgan fingerprint density at radius 3 is 2.44 bits per heavy atom. The summed E-state index contributed by atoms with van der Waals surface area (Å²) in [5, 5.41) is 3.98. The van der Waals surface area contributed by atoms with Gasteiger partial charge < -0.3 is 5.32 Å². The van der Waals surface area contributed by atoms with Gasteiger partial charge in [-0.15, -0.1) is 11.6 Å². The molecule has 0 saturated heterocycles. The second kappa shape index (κ2) is 6.14. The number of nitrogens with one attached hydrogen (secondary N) is 1. The fourth-order valence-corrected chi connectivity index (χ4v) is 3.13. The smallest absolute Gasteiger partial charge is 0.251 e. The Morgan fingerprint density at radius 2 is 1.89 bits per heavy atom. The first-order chi connectivity index (χ1) is 8.56. The van der Waals surface area contributed by atoms with Crippen LogP contribution in [0.2, 0.25) is 10.0 Å². The first-order valence-electron chi connectivity index (χ1n) is 5.94. The van der Waals surface area contributed by atoms with Crippen LogP contribution >= 0.6 is 34.8 Å².